The van der Waals surface area contributed by atoms with Gasteiger partial charge in [0.25, 0.3) is 0 Å². The van der Waals surface area contributed by atoms with E-state index in [1.165, 1.54) is 0 Å². The first-order chi connectivity index (χ1) is 13.4. The minimum atomic E-state index is -0.753. The third-order valence-electron chi connectivity index (χ3n) is 6.12. The van der Waals surface area contributed by atoms with Gasteiger partial charge in [-0.15, -0.1) is 11.3 Å². The van der Waals surface area contributed by atoms with Crippen LogP contribution in [-0.2, 0) is 4.79 Å². The summed E-state index contributed by atoms with van der Waals surface area (Å²) in [6, 6.07) is 7.18. The Morgan fingerprint density at radius 3 is 2.68 bits per heavy atom. The number of nitrogens with zero attached hydrogens (tertiary/aromatic N) is 2. The Morgan fingerprint density at radius 2 is 2.04 bits per heavy atom. The Balaban J connectivity index is 1.76. The number of piperidine rings is 1. The minimum absolute atomic E-state index is 0.0597. The Labute approximate surface area is 169 Å². The van der Waals surface area contributed by atoms with Crippen LogP contribution in [0.3, 0.4) is 0 Å². The topological polar surface area (TPSA) is 60.9 Å². The third-order valence-corrected chi connectivity index (χ3v) is 7.24. The zero-order chi connectivity index (χ0) is 20.0. The fourth-order valence-electron chi connectivity index (χ4n) is 4.66. The first-order valence-corrected chi connectivity index (χ1v) is 10.7. The van der Waals surface area contributed by atoms with Crippen LogP contribution in [0.2, 0.25) is 0 Å². The molecule has 2 aliphatic rings. The van der Waals surface area contributed by atoms with Crippen molar-refractivity contribution in [2.45, 2.75) is 38.1 Å². The molecule has 2 fully saturated rings. The number of carbonyl (C=O) groups excluding carboxylic acids is 2. The van der Waals surface area contributed by atoms with Crippen LogP contribution in [-0.4, -0.2) is 48.4 Å². The maximum Gasteiger partial charge on any atom is 0.234 e. The lowest BCUT2D eigenvalue weighted by Crippen LogP contribution is -2.39. The average Bonchev–Trinajstić information content (AvgIpc) is 3.22. The summed E-state index contributed by atoms with van der Waals surface area (Å²) in [6.45, 7) is 2.77. The number of anilines is 1. The van der Waals surface area contributed by atoms with E-state index in [-0.39, 0.29) is 35.0 Å². The van der Waals surface area contributed by atoms with Gasteiger partial charge < -0.3 is 14.9 Å². The van der Waals surface area contributed by atoms with Gasteiger partial charge in [0.15, 0.2) is 5.78 Å². The molecule has 1 aromatic carbocycles. The predicted octanol–water partition coefficient (Wildman–Crippen LogP) is 3.81. The van der Waals surface area contributed by atoms with E-state index in [9.17, 15) is 14.7 Å². The summed E-state index contributed by atoms with van der Waals surface area (Å²) in [5, 5.41) is 12.6. The number of ketones is 1. The average molecular weight is 399 g/mol. The van der Waals surface area contributed by atoms with E-state index in [0.717, 1.165) is 41.9 Å². The van der Waals surface area contributed by atoms with Crippen LogP contribution in [0.15, 0.2) is 29.6 Å². The van der Waals surface area contributed by atoms with Crippen LogP contribution in [0.5, 0.6) is 5.75 Å². The number of amides is 1. The highest BCUT2D eigenvalue weighted by Gasteiger charge is 2.53. The highest BCUT2D eigenvalue weighted by atomic mass is 32.1. The van der Waals surface area contributed by atoms with Crippen molar-refractivity contribution in [2.24, 2.45) is 5.92 Å². The monoisotopic (exact) mass is 398 g/mol. The van der Waals surface area contributed by atoms with Crippen molar-refractivity contribution in [3.8, 4) is 5.75 Å². The number of phenols is 1. The molecule has 1 N–H and O–H groups in total. The Hall–Kier alpha value is -2.34. The second-order valence-corrected chi connectivity index (χ2v) is 8.97. The van der Waals surface area contributed by atoms with Crippen molar-refractivity contribution in [3.05, 3.63) is 45.6 Å². The molecular weight excluding hydrogens is 372 g/mol. The molecule has 3 heterocycles. The van der Waals surface area contributed by atoms with Gasteiger partial charge in [-0.1, -0.05) is 0 Å². The highest BCUT2D eigenvalue weighted by Crippen LogP contribution is 2.47. The Kier molecular flexibility index (Phi) is 4.91. The molecule has 148 valence electrons. The Bertz CT molecular complexity index is 920. The van der Waals surface area contributed by atoms with E-state index < -0.39 is 5.92 Å². The molecule has 2 aliphatic heterocycles. The number of hydrogen-bond donors (Lipinski definition) is 1. The first kappa shape index (κ1) is 19.0. The largest absolute Gasteiger partial charge is 0.507 e. The number of aryl methyl sites for hydroxylation is 1. The summed E-state index contributed by atoms with van der Waals surface area (Å²) in [5.74, 6) is -1.29. The van der Waals surface area contributed by atoms with E-state index in [4.69, 9.17) is 0 Å². The lowest BCUT2D eigenvalue weighted by molar-refractivity contribution is -0.131. The predicted molar refractivity (Wildman–Crippen MR) is 111 cm³/mol. The third kappa shape index (κ3) is 3.00. The number of Topliss-reactive ketones (excluding diaryl/α,β-unsaturated/α-hetero) is 1. The zero-order valence-electron chi connectivity index (χ0n) is 16.5. The van der Waals surface area contributed by atoms with E-state index in [2.05, 4.69) is 6.07 Å². The maximum absolute atomic E-state index is 13.5. The molecule has 1 amide bonds. The number of carbonyl (C=O) groups is 2. The summed E-state index contributed by atoms with van der Waals surface area (Å²) in [7, 11) is 3.76. The van der Waals surface area contributed by atoms with Gasteiger partial charge >= 0.3 is 0 Å². The maximum atomic E-state index is 13.5. The standard InChI is InChI=1S/C22H26N2O3S/c1-13-9-11-28-21(13)18-16-6-4-5-10-24(16)22(27)19(18)20(26)15-8-7-14(23(2)3)12-17(15)25/h7-9,11-12,16,18-19,25H,4-6,10H2,1-3H3/t16-,18-,19-/m1/s1. The number of phenolic OH excluding ortho intramolecular Hbond substituents is 1. The molecule has 0 aliphatic carbocycles. The molecule has 28 heavy (non-hydrogen) atoms. The van der Waals surface area contributed by atoms with Crippen LogP contribution in [0.25, 0.3) is 0 Å². The highest BCUT2D eigenvalue weighted by molar-refractivity contribution is 7.10. The second kappa shape index (κ2) is 7.24. The summed E-state index contributed by atoms with van der Waals surface area (Å²) in [5.41, 5.74) is 2.19. The van der Waals surface area contributed by atoms with Crippen LogP contribution < -0.4 is 4.90 Å². The number of benzene rings is 1. The molecule has 4 rings (SSSR count). The van der Waals surface area contributed by atoms with Crippen molar-refractivity contribution in [3.63, 3.8) is 0 Å². The van der Waals surface area contributed by atoms with E-state index >= 15 is 0 Å². The Morgan fingerprint density at radius 1 is 1.25 bits per heavy atom. The van der Waals surface area contributed by atoms with E-state index in [1.54, 1.807) is 23.5 Å². The molecule has 6 heteroatoms. The fraction of sp³-hybridized carbons (Fsp3) is 0.455. The summed E-state index contributed by atoms with van der Waals surface area (Å²) < 4.78 is 0. The molecule has 0 unspecified atom stereocenters. The fourth-order valence-corrected chi connectivity index (χ4v) is 5.78. The molecule has 5 nitrogen and oxygen atoms in total. The summed E-state index contributed by atoms with van der Waals surface area (Å²) >= 11 is 1.63. The molecule has 3 atom stereocenters. The van der Waals surface area contributed by atoms with Crippen LogP contribution in [0, 0.1) is 12.8 Å². The second-order valence-electron chi connectivity index (χ2n) is 8.03. The van der Waals surface area contributed by atoms with Crippen molar-refractivity contribution < 1.29 is 14.7 Å². The normalized spacial score (nSPS) is 24.3. The molecular formula is C22H26N2O3S. The molecule has 2 saturated heterocycles. The summed E-state index contributed by atoms with van der Waals surface area (Å²) in [6.07, 6.45) is 3.00. The molecule has 0 saturated carbocycles. The molecule has 0 bridgehead atoms. The lowest BCUT2D eigenvalue weighted by Gasteiger charge is -2.32. The van der Waals surface area contributed by atoms with Gasteiger partial charge in [-0.25, -0.2) is 0 Å². The number of rotatable bonds is 4. The van der Waals surface area contributed by atoms with Crippen molar-refractivity contribution in [2.75, 3.05) is 25.5 Å². The minimum Gasteiger partial charge on any atom is -0.507 e. The molecule has 2 aromatic rings. The van der Waals surface area contributed by atoms with Gasteiger partial charge in [-0.2, -0.15) is 0 Å². The molecule has 0 radical (unpaired) electrons. The first-order valence-electron chi connectivity index (χ1n) is 9.79. The number of fused-ring (bicyclic) bond motifs is 1. The summed E-state index contributed by atoms with van der Waals surface area (Å²) in [4.78, 5) is 31.7. The zero-order valence-corrected chi connectivity index (χ0v) is 17.3. The van der Waals surface area contributed by atoms with Crippen LogP contribution in [0.4, 0.5) is 5.69 Å². The number of thiophene rings is 1. The van der Waals surface area contributed by atoms with Gasteiger partial charge in [-0.3, -0.25) is 9.59 Å². The molecule has 0 spiro atoms. The van der Waals surface area contributed by atoms with Gasteiger partial charge in [0.05, 0.1) is 5.56 Å². The van der Waals surface area contributed by atoms with Gasteiger partial charge in [0, 0.05) is 49.2 Å². The van der Waals surface area contributed by atoms with Crippen LogP contribution >= 0.6 is 11.3 Å². The van der Waals surface area contributed by atoms with Gasteiger partial charge in [0.1, 0.15) is 11.7 Å². The van der Waals surface area contributed by atoms with Gasteiger partial charge in [0.2, 0.25) is 5.91 Å². The van der Waals surface area contributed by atoms with Crippen molar-refractivity contribution in [1.82, 2.24) is 4.90 Å². The number of hydrogen-bond acceptors (Lipinski definition) is 5. The van der Waals surface area contributed by atoms with Crippen molar-refractivity contribution >= 4 is 28.7 Å². The van der Waals surface area contributed by atoms with Gasteiger partial charge in [-0.05, 0) is 55.3 Å². The smallest absolute Gasteiger partial charge is 0.234 e. The number of aromatic hydroxyl groups is 1. The quantitative estimate of drug-likeness (QED) is 0.629. The lowest BCUT2D eigenvalue weighted by atomic mass is 9.80. The van der Waals surface area contributed by atoms with E-state index in [1.807, 2.05) is 42.3 Å². The SMILES string of the molecule is Cc1ccsc1[C@H]1[C@H](C(=O)c2ccc(N(C)C)cc2O)C(=O)N2CCCC[C@H]12. The van der Waals surface area contributed by atoms with E-state index in [0.29, 0.717) is 0 Å². The van der Waals surface area contributed by atoms with Crippen LogP contribution in [0.1, 0.15) is 46.0 Å². The van der Waals surface area contributed by atoms with Crippen molar-refractivity contribution in [1.29, 1.82) is 0 Å². The molecule has 1 aromatic heterocycles.